The van der Waals surface area contributed by atoms with Gasteiger partial charge in [0.25, 0.3) is 0 Å². The van der Waals surface area contributed by atoms with Gasteiger partial charge in [-0.2, -0.15) is 0 Å². The lowest BCUT2D eigenvalue weighted by atomic mass is 9.93. The van der Waals surface area contributed by atoms with Crippen molar-refractivity contribution in [3.63, 3.8) is 0 Å². The minimum absolute atomic E-state index is 0.141. The fourth-order valence-electron chi connectivity index (χ4n) is 2.07. The number of halogens is 1. The van der Waals surface area contributed by atoms with E-state index in [0.717, 1.165) is 18.4 Å². The van der Waals surface area contributed by atoms with Crippen molar-refractivity contribution in [2.45, 2.75) is 39.7 Å². The molecule has 1 nitrogen and oxygen atoms in total. The number of rotatable bonds is 5. The Morgan fingerprint density at radius 2 is 2.00 bits per heavy atom. The molecule has 0 heterocycles. The Bertz CT molecular complexity index is 336. The van der Waals surface area contributed by atoms with E-state index in [4.69, 9.17) is 0 Å². The van der Waals surface area contributed by atoms with Crippen LogP contribution in [0.2, 0.25) is 0 Å². The van der Waals surface area contributed by atoms with Gasteiger partial charge in [0.2, 0.25) is 0 Å². The van der Waals surface area contributed by atoms with Crippen LogP contribution in [0, 0.1) is 18.7 Å². The van der Waals surface area contributed by atoms with Crippen LogP contribution in [0.3, 0.4) is 0 Å². The molecule has 0 bridgehead atoms. The van der Waals surface area contributed by atoms with Crippen molar-refractivity contribution in [1.29, 1.82) is 0 Å². The number of hydrogen-bond acceptors (Lipinski definition) is 1. The molecule has 1 aromatic carbocycles. The Balaban J connectivity index is 2.59. The van der Waals surface area contributed by atoms with Crippen molar-refractivity contribution in [3.8, 4) is 0 Å². The summed E-state index contributed by atoms with van der Waals surface area (Å²) in [5, 5.41) is 3.25. The summed E-state index contributed by atoms with van der Waals surface area (Å²) >= 11 is 0. The van der Waals surface area contributed by atoms with Crippen molar-refractivity contribution in [1.82, 2.24) is 5.32 Å². The van der Waals surface area contributed by atoms with Gasteiger partial charge < -0.3 is 5.32 Å². The molecule has 16 heavy (non-hydrogen) atoms. The summed E-state index contributed by atoms with van der Waals surface area (Å²) in [6.45, 7) is 6.41. The molecule has 1 rings (SSSR count). The second kappa shape index (κ2) is 6.00. The Morgan fingerprint density at radius 3 is 2.56 bits per heavy atom. The first-order valence-electron chi connectivity index (χ1n) is 5.95. The summed E-state index contributed by atoms with van der Waals surface area (Å²) in [5.41, 5.74) is 2.32. The van der Waals surface area contributed by atoms with Gasteiger partial charge >= 0.3 is 0 Å². The van der Waals surface area contributed by atoms with Gasteiger partial charge in [0.05, 0.1) is 0 Å². The van der Waals surface area contributed by atoms with E-state index in [0.29, 0.717) is 12.0 Å². The second-order valence-corrected chi connectivity index (χ2v) is 4.81. The fraction of sp³-hybridized carbons (Fsp3) is 0.571. The maximum absolute atomic E-state index is 12.9. The maximum Gasteiger partial charge on any atom is 0.123 e. The smallest absolute Gasteiger partial charge is 0.123 e. The van der Waals surface area contributed by atoms with Gasteiger partial charge in [0, 0.05) is 6.04 Å². The molecule has 0 saturated carbocycles. The predicted molar refractivity (Wildman–Crippen MR) is 67.1 cm³/mol. The summed E-state index contributed by atoms with van der Waals surface area (Å²) in [4.78, 5) is 0. The summed E-state index contributed by atoms with van der Waals surface area (Å²) in [5.74, 6) is 0.476. The quantitative estimate of drug-likeness (QED) is 0.807. The van der Waals surface area contributed by atoms with Crippen molar-refractivity contribution in [2.75, 3.05) is 7.05 Å². The van der Waals surface area contributed by atoms with Crippen LogP contribution in [-0.4, -0.2) is 13.1 Å². The number of aryl methyl sites for hydroxylation is 1. The van der Waals surface area contributed by atoms with Gasteiger partial charge in [0.1, 0.15) is 5.82 Å². The Hall–Kier alpha value is -0.890. The van der Waals surface area contributed by atoms with Crippen LogP contribution >= 0.6 is 0 Å². The third kappa shape index (κ3) is 3.93. The predicted octanol–water partition coefficient (Wildman–Crippen LogP) is 3.31. The molecule has 0 aliphatic rings. The zero-order valence-corrected chi connectivity index (χ0v) is 10.7. The molecular weight excluding hydrogens is 201 g/mol. The molecule has 90 valence electrons. The van der Waals surface area contributed by atoms with E-state index < -0.39 is 0 Å². The van der Waals surface area contributed by atoms with Crippen LogP contribution in [0.1, 0.15) is 31.4 Å². The monoisotopic (exact) mass is 223 g/mol. The van der Waals surface area contributed by atoms with Crippen molar-refractivity contribution in [3.05, 3.63) is 35.1 Å². The largest absolute Gasteiger partial charge is 0.317 e. The highest BCUT2D eigenvalue weighted by Gasteiger charge is 2.09. The van der Waals surface area contributed by atoms with E-state index in [1.165, 1.54) is 5.56 Å². The van der Waals surface area contributed by atoms with Crippen LogP contribution in [-0.2, 0) is 6.42 Å². The fourth-order valence-corrected chi connectivity index (χ4v) is 2.07. The molecule has 2 unspecified atom stereocenters. The van der Waals surface area contributed by atoms with E-state index in [1.54, 1.807) is 12.1 Å². The normalized spacial score (nSPS) is 14.8. The van der Waals surface area contributed by atoms with E-state index in [2.05, 4.69) is 19.2 Å². The third-order valence-corrected chi connectivity index (χ3v) is 3.12. The number of benzene rings is 1. The highest BCUT2D eigenvalue weighted by atomic mass is 19.1. The topological polar surface area (TPSA) is 12.0 Å². The van der Waals surface area contributed by atoms with Crippen molar-refractivity contribution < 1.29 is 4.39 Å². The minimum atomic E-state index is -0.141. The van der Waals surface area contributed by atoms with Crippen LogP contribution in [0.4, 0.5) is 4.39 Å². The molecule has 0 radical (unpaired) electrons. The molecule has 0 aliphatic heterocycles. The van der Waals surface area contributed by atoms with Gasteiger partial charge in [-0.25, -0.2) is 4.39 Å². The summed E-state index contributed by atoms with van der Waals surface area (Å²) < 4.78 is 12.9. The van der Waals surface area contributed by atoms with Gasteiger partial charge in [0.15, 0.2) is 0 Å². The highest BCUT2D eigenvalue weighted by Crippen LogP contribution is 2.17. The van der Waals surface area contributed by atoms with Crippen molar-refractivity contribution in [2.24, 2.45) is 5.92 Å². The molecule has 0 aromatic heterocycles. The summed E-state index contributed by atoms with van der Waals surface area (Å²) in [7, 11) is 1.99. The average Bonchev–Trinajstić information content (AvgIpc) is 2.22. The molecule has 1 aromatic rings. The Labute approximate surface area is 98.1 Å². The molecular formula is C14H22FN. The number of nitrogens with one attached hydrogen (secondary N) is 1. The SMILES string of the molecule is CNC(C)CC(C)Cc1ccc(F)cc1C. The average molecular weight is 223 g/mol. The van der Waals surface area contributed by atoms with Gasteiger partial charge in [-0.05, 0) is 62.9 Å². The van der Waals surface area contributed by atoms with Crippen LogP contribution in [0.15, 0.2) is 18.2 Å². The first-order valence-corrected chi connectivity index (χ1v) is 5.95. The molecule has 1 N–H and O–H groups in total. The lowest BCUT2D eigenvalue weighted by Crippen LogP contribution is -2.24. The van der Waals surface area contributed by atoms with Crippen LogP contribution < -0.4 is 5.32 Å². The zero-order valence-electron chi connectivity index (χ0n) is 10.7. The molecule has 0 amide bonds. The van der Waals surface area contributed by atoms with E-state index >= 15 is 0 Å². The third-order valence-electron chi connectivity index (χ3n) is 3.12. The molecule has 0 spiro atoms. The van der Waals surface area contributed by atoms with Gasteiger partial charge in [-0.15, -0.1) is 0 Å². The summed E-state index contributed by atoms with van der Waals surface area (Å²) in [6, 6.07) is 5.61. The van der Waals surface area contributed by atoms with Crippen molar-refractivity contribution >= 4 is 0 Å². The lowest BCUT2D eigenvalue weighted by molar-refractivity contribution is 0.439. The number of hydrogen-bond donors (Lipinski definition) is 1. The Morgan fingerprint density at radius 1 is 1.31 bits per heavy atom. The highest BCUT2D eigenvalue weighted by molar-refractivity contribution is 5.26. The van der Waals surface area contributed by atoms with Gasteiger partial charge in [-0.3, -0.25) is 0 Å². The van der Waals surface area contributed by atoms with Gasteiger partial charge in [-0.1, -0.05) is 13.0 Å². The molecule has 2 atom stereocenters. The van der Waals surface area contributed by atoms with E-state index in [-0.39, 0.29) is 5.82 Å². The Kier molecular flexibility index (Phi) is 4.94. The molecule has 0 aliphatic carbocycles. The first-order chi connectivity index (χ1) is 7.52. The standard InChI is InChI=1S/C14H22FN/c1-10(7-12(3)16-4)8-13-5-6-14(15)9-11(13)2/h5-6,9-10,12,16H,7-8H2,1-4H3. The second-order valence-electron chi connectivity index (χ2n) is 4.81. The van der Waals surface area contributed by atoms with Crippen LogP contribution in [0.5, 0.6) is 0 Å². The molecule has 0 saturated heterocycles. The van der Waals surface area contributed by atoms with E-state index in [1.807, 2.05) is 20.0 Å². The molecule has 0 fully saturated rings. The van der Waals surface area contributed by atoms with Crippen LogP contribution in [0.25, 0.3) is 0 Å². The lowest BCUT2D eigenvalue weighted by Gasteiger charge is -2.17. The minimum Gasteiger partial charge on any atom is -0.317 e. The molecule has 2 heteroatoms. The maximum atomic E-state index is 12.9. The summed E-state index contributed by atoms with van der Waals surface area (Å²) in [6.07, 6.45) is 2.17. The van der Waals surface area contributed by atoms with E-state index in [9.17, 15) is 4.39 Å². The first kappa shape index (κ1) is 13.2. The zero-order chi connectivity index (χ0) is 12.1.